The SMILES string of the molecule is CN1C(=O)/C(=C/c2ccccc2Cl)Sc2ccc(C(=O)N3CCN(c4ccccn4)CC3)cc21. The van der Waals surface area contributed by atoms with Crippen LogP contribution in [-0.2, 0) is 4.79 Å². The molecule has 0 unspecified atom stereocenters. The minimum Gasteiger partial charge on any atom is -0.353 e. The van der Waals surface area contributed by atoms with Crippen molar-refractivity contribution in [1.29, 1.82) is 0 Å². The molecule has 1 saturated heterocycles. The van der Waals surface area contributed by atoms with Crippen LogP contribution in [0.5, 0.6) is 0 Å². The van der Waals surface area contributed by atoms with E-state index >= 15 is 0 Å². The molecule has 2 amide bonds. The Hall–Kier alpha value is -3.29. The summed E-state index contributed by atoms with van der Waals surface area (Å²) in [5.74, 6) is 0.791. The van der Waals surface area contributed by atoms with Gasteiger partial charge in [-0.15, -0.1) is 0 Å². The monoisotopic (exact) mass is 490 g/mol. The molecule has 2 aromatic carbocycles. The van der Waals surface area contributed by atoms with Crippen LogP contribution >= 0.6 is 23.4 Å². The number of halogens is 1. The topological polar surface area (TPSA) is 56.8 Å². The fourth-order valence-corrected chi connectivity index (χ4v) is 5.40. The number of hydrogen-bond donors (Lipinski definition) is 0. The lowest BCUT2D eigenvalue weighted by atomic mass is 10.1. The highest BCUT2D eigenvalue weighted by atomic mass is 35.5. The standard InChI is InChI=1S/C26H23ClN4O2S/c1-29-21-16-19(25(32)31-14-12-30(13-15-31)24-8-4-5-11-28-24)9-10-22(21)34-23(26(29)33)17-18-6-2-3-7-20(18)27/h2-11,16-17H,12-15H2,1H3/b23-17-. The Morgan fingerprint density at radius 3 is 2.53 bits per heavy atom. The van der Waals surface area contributed by atoms with Crippen molar-refractivity contribution in [3.63, 3.8) is 0 Å². The highest BCUT2D eigenvalue weighted by Crippen LogP contribution is 2.42. The number of benzene rings is 2. The van der Waals surface area contributed by atoms with Crippen molar-refractivity contribution in [2.45, 2.75) is 4.90 Å². The molecule has 6 nitrogen and oxygen atoms in total. The first-order chi connectivity index (χ1) is 16.5. The van der Waals surface area contributed by atoms with E-state index in [-0.39, 0.29) is 11.8 Å². The van der Waals surface area contributed by atoms with Crippen LogP contribution in [0.15, 0.2) is 76.7 Å². The van der Waals surface area contributed by atoms with E-state index in [1.165, 1.54) is 11.8 Å². The second-order valence-electron chi connectivity index (χ2n) is 8.15. The minimum atomic E-state index is -0.119. The van der Waals surface area contributed by atoms with Gasteiger partial charge >= 0.3 is 0 Å². The fourth-order valence-electron chi connectivity index (χ4n) is 4.12. The molecule has 172 valence electrons. The van der Waals surface area contributed by atoms with Crippen LogP contribution in [0.25, 0.3) is 6.08 Å². The molecule has 0 spiro atoms. The lowest BCUT2D eigenvalue weighted by Crippen LogP contribution is -2.49. The molecule has 1 fully saturated rings. The maximum Gasteiger partial charge on any atom is 0.264 e. The summed E-state index contributed by atoms with van der Waals surface area (Å²) in [5, 5.41) is 0.598. The van der Waals surface area contributed by atoms with E-state index in [2.05, 4.69) is 9.88 Å². The predicted octanol–water partition coefficient (Wildman–Crippen LogP) is 4.81. The van der Waals surface area contributed by atoms with Gasteiger partial charge < -0.3 is 14.7 Å². The Morgan fingerprint density at radius 2 is 1.79 bits per heavy atom. The Morgan fingerprint density at radius 1 is 1.03 bits per heavy atom. The van der Waals surface area contributed by atoms with Crippen LogP contribution in [0.2, 0.25) is 5.02 Å². The van der Waals surface area contributed by atoms with Crippen molar-refractivity contribution in [2.75, 3.05) is 43.0 Å². The molecule has 0 bridgehead atoms. The van der Waals surface area contributed by atoms with Gasteiger partial charge in [0.2, 0.25) is 0 Å². The van der Waals surface area contributed by atoms with Crippen LogP contribution in [0.4, 0.5) is 11.5 Å². The summed E-state index contributed by atoms with van der Waals surface area (Å²) in [5.41, 5.74) is 2.13. The van der Waals surface area contributed by atoms with Gasteiger partial charge in [-0.2, -0.15) is 0 Å². The lowest BCUT2D eigenvalue weighted by Gasteiger charge is -2.35. The van der Waals surface area contributed by atoms with Gasteiger partial charge in [0.25, 0.3) is 11.8 Å². The first-order valence-corrected chi connectivity index (χ1v) is 12.2. The largest absolute Gasteiger partial charge is 0.353 e. The van der Waals surface area contributed by atoms with Crippen molar-refractivity contribution in [2.24, 2.45) is 0 Å². The molecule has 3 aromatic rings. The number of carbonyl (C=O) groups excluding carboxylic acids is 2. The third-order valence-corrected chi connectivity index (χ3v) is 7.46. The Bertz CT molecular complexity index is 1270. The number of likely N-dealkylation sites (N-methyl/N-ethyl adjacent to an activating group) is 1. The highest BCUT2D eigenvalue weighted by molar-refractivity contribution is 8.04. The first kappa shape index (κ1) is 22.5. The Kier molecular flexibility index (Phi) is 6.30. The molecular formula is C26H23ClN4O2S. The van der Waals surface area contributed by atoms with Gasteiger partial charge in [0.05, 0.1) is 10.6 Å². The first-order valence-electron chi connectivity index (χ1n) is 11.0. The number of aromatic nitrogens is 1. The molecule has 0 aliphatic carbocycles. The summed E-state index contributed by atoms with van der Waals surface area (Å²) in [4.78, 5) is 37.8. The van der Waals surface area contributed by atoms with Gasteiger partial charge in [-0.25, -0.2) is 4.98 Å². The molecule has 0 saturated carbocycles. The lowest BCUT2D eigenvalue weighted by molar-refractivity contribution is -0.114. The van der Waals surface area contributed by atoms with E-state index in [4.69, 9.17) is 11.6 Å². The second kappa shape index (κ2) is 9.52. The molecule has 8 heteroatoms. The molecule has 0 N–H and O–H groups in total. The van der Waals surface area contributed by atoms with E-state index in [1.54, 1.807) is 24.2 Å². The van der Waals surface area contributed by atoms with Gasteiger partial charge in [-0.05, 0) is 48.0 Å². The summed E-state index contributed by atoms with van der Waals surface area (Å²) < 4.78 is 0. The summed E-state index contributed by atoms with van der Waals surface area (Å²) in [7, 11) is 1.74. The maximum absolute atomic E-state index is 13.2. The smallest absolute Gasteiger partial charge is 0.264 e. The van der Waals surface area contributed by atoms with Gasteiger partial charge in [0.1, 0.15) is 5.82 Å². The number of hydrogen-bond acceptors (Lipinski definition) is 5. The molecule has 2 aliphatic heterocycles. The van der Waals surface area contributed by atoms with Crippen molar-refractivity contribution < 1.29 is 9.59 Å². The van der Waals surface area contributed by atoms with E-state index < -0.39 is 0 Å². The Labute approximate surface area is 207 Å². The number of thioether (sulfide) groups is 1. The zero-order chi connectivity index (χ0) is 23.7. The molecule has 0 atom stereocenters. The maximum atomic E-state index is 13.2. The van der Waals surface area contributed by atoms with Crippen molar-refractivity contribution in [3.05, 3.63) is 87.9 Å². The molecule has 34 heavy (non-hydrogen) atoms. The van der Waals surface area contributed by atoms with Crippen LogP contribution in [0, 0.1) is 0 Å². The number of nitrogens with zero attached hydrogens (tertiary/aromatic N) is 4. The summed E-state index contributed by atoms with van der Waals surface area (Å²) in [6.45, 7) is 2.72. The van der Waals surface area contributed by atoms with Crippen molar-refractivity contribution >= 4 is 52.8 Å². The van der Waals surface area contributed by atoms with Crippen LogP contribution in [0.1, 0.15) is 15.9 Å². The molecule has 1 aromatic heterocycles. The highest BCUT2D eigenvalue weighted by Gasteiger charge is 2.29. The number of carbonyl (C=O) groups is 2. The quantitative estimate of drug-likeness (QED) is 0.493. The Balaban J connectivity index is 1.32. The van der Waals surface area contributed by atoms with Gasteiger partial charge in [0.15, 0.2) is 0 Å². The molecule has 3 heterocycles. The third kappa shape index (κ3) is 4.41. The number of pyridine rings is 1. The average molecular weight is 491 g/mol. The minimum absolute atomic E-state index is 0.0215. The normalized spacial score (nSPS) is 17.2. The second-order valence-corrected chi connectivity index (χ2v) is 9.64. The van der Waals surface area contributed by atoms with E-state index in [1.807, 2.05) is 65.6 Å². The fraction of sp³-hybridized carbons (Fsp3) is 0.192. The number of rotatable bonds is 3. The van der Waals surface area contributed by atoms with E-state index in [9.17, 15) is 9.59 Å². The zero-order valence-electron chi connectivity index (χ0n) is 18.6. The summed E-state index contributed by atoms with van der Waals surface area (Å²) in [6, 6.07) is 18.9. The number of fused-ring (bicyclic) bond motifs is 1. The van der Waals surface area contributed by atoms with Crippen molar-refractivity contribution in [3.8, 4) is 0 Å². The zero-order valence-corrected chi connectivity index (χ0v) is 20.2. The molecule has 5 rings (SSSR count). The predicted molar refractivity (Wildman–Crippen MR) is 137 cm³/mol. The molecule has 2 aliphatic rings. The van der Waals surface area contributed by atoms with Crippen LogP contribution in [-0.4, -0.2) is 54.9 Å². The summed E-state index contributed by atoms with van der Waals surface area (Å²) >= 11 is 7.67. The molecular weight excluding hydrogens is 468 g/mol. The number of piperazine rings is 1. The van der Waals surface area contributed by atoms with Gasteiger partial charge in [0, 0.05) is 54.9 Å². The van der Waals surface area contributed by atoms with Crippen molar-refractivity contribution in [1.82, 2.24) is 9.88 Å². The van der Waals surface area contributed by atoms with E-state index in [0.717, 1.165) is 35.1 Å². The van der Waals surface area contributed by atoms with Crippen LogP contribution < -0.4 is 9.80 Å². The molecule has 0 radical (unpaired) electrons. The third-order valence-electron chi connectivity index (χ3n) is 6.03. The number of anilines is 2. The average Bonchev–Trinajstić information content (AvgIpc) is 2.88. The number of amides is 2. The van der Waals surface area contributed by atoms with Gasteiger partial charge in [-0.3, -0.25) is 9.59 Å². The van der Waals surface area contributed by atoms with Crippen LogP contribution in [0.3, 0.4) is 0 Å². The van der Waals surface area contributed by atoms with Gasteiger partial charge in [-0.1, -0.05) is 47.6 Å². The van der Waals surface area contributed by atoms with E-state index in [0.29, 0.717) is 28.6 Å². The summed E-state index contributed by atoms with van der Waals surface area (Å²) in [6.07, 6.45) is 3.60.